The second-order valence-electron chi connectivity index (χ2n) is 7.41. The molecule has 1 aliphatic carbocycles. The molecule has 2 heteroatoms. The first kappa shape index (κ1) is 18.8. The van der Waals surface area contributed by atoms with Crippen molar-refractivity contribution in [3.63, 3.8) is 0 Å². The normalized spacial score (nSPS) is 18.5. The fourth-order valence-electron chi connectivity index (χ4n) is 3.67. The molecule has 0 amide bonds. The fraction of sp³-hybridized carbons (Fsp3) is 0.500. The molecule has 0 N–H and O–H groups in total. The van der Waals surface area contributed by atoms with Crippen LogP contribution in [0.3, 0.4) is 0 Å². The Balaban J connectivity index is 1.41. The summed E-state index contributed by atoms with van der Waals surface area (Å²) >= 11 is 0. The van der Waals surface area contributed by atoms with Gasteiger partial charge < -0.3 is 9.47 Å². The van der Waals surface area contributed by atoms with Gasteiger partial charge in [-0.05, 0) is 60.1 Å². The quantitative estimate of drug-likeness (QED) is 0.419. The Labute approximate surface area is 158 Å². The third-order valence-corrected chi connectivity index (χ3v) is 5.41. The molecule has 3 rings (SSSR count). The molecule has 0 aliphatic heterocycles. The highest BCUT2D eigenvalue weighted by atomic mass is 16.5. The maximum Gasteiger partial charge on any atom is 0.119 e. The first-order chi connectivity index (χ1) is 12.8. The van der Waals surface area contributed by atoms with Gasteiger partial charge in [0.2, 0.25) is 0 Å². The molecule has 0 saturated heterocycles. The van der Waals surface area contributed by atoms with Crippen LogP contribution < -0.4 is 9.47 Å². The SMILES string of the molecule is CCCCCCCCOc1ccc(C2CC2c2ccc(OC)cc2)cc1. The zero-order valence-electron chi connectivity index (χ0n) is 16.2. The number of hydrogen-bond donors (Lipinski definition) is 0. The average Bonchev–Trinajstić information content (AvgIpc) is 3.49. The van der Waals surface area contributed by atoms with Crippen molar-refractivity contribution in [1.29, 1.82) is 0 Å². The van der Waals surface area contributed by atoms with Gasteiger partial charge in [0.25, 0.3) is 0 Å². The van der Waals surface area contributed by atoms with E-state index in [0.29, 0.717) is 11.8 Å². The van der Waals surface area contributed by atoms with E-state index in [0.717, 1.165) is 24.5 Å². The Bertz CT molecular complexity index is 645. The summed E-state index contributed by atoms with van der Waals surface area (Å²) in [6, 6.07) is 17.3. The van der Waals surface area contributed by atoms with E-state index in [2.05, 4.69) is 55.5 Å². The largest absolute Gasteiger partial charge is 0.497 e. The molecule has 0 bridgehead atoms. The van der Waals surface area contributed by atoms with E-state index in [1.54, 1.807) is 7.11 Å². The molecule has 0 radical (unpaired) electrons. The molecule has 0 spiro atoms. The van der Waals surface area contributed by atoms with E-state index < -0.39 is 0 Å². The summed E-state index contributed by atoms with van der Waals surface area (Å²) in [6.45, 7) is 3.09. The third-order valence-electron chi connectivity index (χ3n) is 5.41. The average molecular weight is 353 g/mol. The van der Waals surface area contributed by atoms with E-state index in [4.69, 9.17) is 9.47 Å². The van der Waals surface area contributed by atoms with Crippen LogP contribution in [0, 0.1) is 0 Å². The smallest absolute Gasteiger partial charge is 0.119 e. The van der Waals surface area contributed by atoms with Gasteiger partial charge in [0.15, 0.2) is 0 Å². The van der Waals surface area contributed by atoms with Crippen LogP contribution in [-0.2, 0) is 0 Å². The Morgan fingerprint density at radius 1 is 0.731 bits per heavy atom. The molecule has 26 heavy (non-hydrogen) atoms. The lowest BCUT2D eigenvalue weighted by Gasteiger charge is -2.08. The minimum absolute atomic E-state index is 0.649. The number of benzene rings is 2. The molecule has 2 unspecified atom stereocenters. The highest BCUT2D eigenvalue weighted by Gasteiger charge is 2.39. The summed E-state index contributed by atoms with van der Waals surface area (Å²) < 4.78 is 11.1. The lowest BCUT2D eigenvalue weighted by atomic mass is 10.0. The Morgan fingerprint density at radius 3 is 1.85 bits per heavy atom. The van der Waals surface area contributed by atoms with E-state index in [1.165, 1.54) is 49.7 Å². The summed E-state index contributed by atoms with van der Waals surface area (Å²) in [5, 5.41) is 0. The number of unbranched alkanes of at least 4 members (excludes halogenated alkanes) is 5. The van der Waals surface area contributed by atoms with Crippen LogP contribution in [0.25, 0.3) is 0 Å². The monoisotopic (exact) mass is 352 g/mol. The molecule has 2 atom stereocenters. The molecule has 2 aromatic rings. The van der Waals surface area contributed by atoms with Gasteiger partial charge in [0.1, 0.15) is 11.5 Å². The molecule has 0 aromatic heterocycles. The molecule has 140 valence electrons. The van der Waals surface area contributed by atoms with Gasteiger partial charge in [-0.15, -0.1) is 0 Å². The Hall–Kier alpha value is -1.96. The van der Waals surface area contributed by atoms with Crippen LogP contribution >= 0.6 is 0 Å². The van der Waals surface area contributed by atoms with Crippen LogP contribution in [0.15, 0.2) is 48.5 Å². The summed E-state index contributed by atoms with van der Waals surface area (Å²) in [4.78, 5) is 0. The number of hydrogen-bond acceptors (Lipinski definition) is 2. The lowest BCUT2D eigenvalue weighted by Crippen LogP contribution is -1.97. The van der Waals surface area contributed by atoms with Gasteiger partial charge in [0, 0.05) is 0 Å². The van der Waals surface area contributed by atoms with Gasteiger partial charge in [0.05, 0.1) is 13.7 Å². The van der Waals surface area contributed by atoms with Crippen LogP contribution in [0.5, 0.6) is 11.5 Å². The van der Waals surface area contributed by atoms with Crippen molar-refractivity contribution >= 4 is 0 Å². The molecule has 1 aliphatic rings. The van der Waals surface area contributed by atoms with E-state index in [-0.39, 0.29) is 0 Å². The van der Waals surface area contributed by atoms with E-state index >= 15 is 0 Å². The topological polar surface area (TPSA) is 18.5 Å². The van der Waals surface area contributed by atoms with Crippen LogP contribution in [0.1, 0.15) is 74.8 Å². The van der Waals surface area contributed by atoms with Gasteiger partial charge in [-0.1, -0.05) is 63.3 Å². The number of rotatable bonds is 11. The molecule has 1 saturated carbocycles. The molecule has 0 heterocycles. The lowest BCUT2D eigenvalue weighted by molar-refractivity contribution is 0.304. The molecular weight excluding hydrogens is 320 g/mol. The van der Waals surface area contributed by atoms with Crippen molar-refractivity contribution < 1.29 is 9.47 Å². The van der Waals surface area contributed by atoms with E-state index in [9.17, 15) is 0 Å². The predicted molar refractivity (Wildman–Crippen MR) is 108 cm³/mol. The zero-order chi connectivity index (χ0) is 18.2. The number of methoxy groups -OCH3 is 1. The Kier molecular flexibility index (Phi) is 6.99. The molecule has 2 aromatic carbocycles. The third kappa shape index (κ3) is 5.27. The summed E-state index contributed by atoms with van der Waals surface area (Å²) in [5.74, 6) is 3.23. The second-order valence-corrected chi connectivity index (χ2v) is 7.41. The second kappa shape index (κ2) is 9.66. The zero-order valence-corrected chi connectivity index (χ0v) is 16.2. The van der Waals surface area contributed by atoms with Crippen molar-refractivity contribution in [2.45, 2.75) is 63.7 Å². The van der Waals surface area contributed by atoms with Gasteiger partial charge in [-0.3, -0.25) is 0 Å². The highest BCUT2D eigenvalue weighted by molar-refractivity contribution is 5.40. The number of ether oxygens (including phenoxy) is 2. The summed E-state index contributed by atoms with van der Waals surface area (Å²) in [7, 11) is 1.71. The van der Waals surface area contributed by atoms with Crippen LogP contribution in [0.2, 0.25) is 0 Å². The van der Waals surface area contributed by atoms with Crippen molar-refractivity contribution in [2.24, 2.45) is 0 Å². The highest BCUT2D eigenvalue weighted by Crippen LogP contribution is 2.54. The minimum Gasteiger partial charge on any atom is -0.497 e. The summed E-state index contributed by atoms with van der Waals surface area (Å²) in [6.07, 6.45) is 9.05. The van der Waals surface area contributed by atoms with Crippen LogP contribution in [-0.4, -0.2) is 13.7 Å². The van der Waals surface area contributed by atoms with Crippen molar-refractivity contribution in [1.82, 2.24) is 0 Å². The van der Waals surface area contributed by atoms with Crippen molar-refractivity contribution in [2.75, 3.05) is 13.7 Å². The van der Waals surface area contributed by atoms with Crippen LogP contribution in [0.4, 0.5) is 0 Å². The molecule has 2 nitrogen and oxygen atoms in total. The van der Waals surface area contributed by atoms with Crippen molar-refractivity contribution in [3.05, 3.63) is 59.7 Å². The van der Waals surface area contributed by atoms with E-state index in [1.807, 2.05) is 0 Å². The standard InChI is InChI=1S/C24H32O2/c1-3-4-5-6-7-8-17-26-22-15-11-20(12-16-22)24-18-23(24)19-9-13-21(25-2)14-10-19/h9-16,23-24H,3-8,17-18H2,1-2H3. The van der Waals surface area contributed by atoms with Gasteiger partial charge in [-0.25, -0.2) is 0 Å². The first-order valence-corrected chi connectivity index (χ1v) is 10.2. The van der Waals surface area contributed by atoms with Gasteiger partial charge in [-0.2, -0.15) is 0 Å². The minimum atomic E-state index is 0.649. The fourth-order valence-corrected chi connectivity index (χ4v) is 3.67. The molecule has 1 fully saturated rings. The predicted octanol–water partition coefficient (Wildman–Crippen LogP) is 6.71. The maximum atomic E-state index is 5.89. The van der Waals surface area contributed by atoms with Crippen molar-refractivity contribution in [3.8, 4) is 11.5 Å². The summed E-state index contributed by atoms with van der Waals surface area (Å²) in [5.41, 5.74) is 2.84. The first-order valence-electron chi connectivity index (χ1n) is 10.2. The maximum absolute atomic E-state index is 5.89. The molecular formula is C24H32O2. The Morgan fingerprint density at radius 2 is 1.27 bits per heavy atom. The van der Waals surface area contributed by atoms with Gasteiger partial charge >= 0.3 is 0 Å².